The Morgan fingerprint density at radius 2 is 1.77 bits per heavy atom. The first-order valence-corrected chi connectivity index (χ1v) is 8.51. The van der Waals surface area contributed by atoms with Crippen LogP contribution in [0.3, 0.4) is 0 Å². The molecule has 7 heteroatoms. The third-order valence-electron chi connectivity index (χ3n) is 3.00. The van der Waals surface area contributed by atoms with E-state index >= 15 is 0 Å². The molecular formula is C15H18N2O4S. The molecule has 1 amide bonds. The van der Waals surface area contributed by atoms with Gasteiger partial charge in [-0.15, -0.1) is 0 Å². The zero-order chi connectivity index (χ0) is 16.5. The van der Waals surface area contributed by atoms with Crippen molar-refractivity contribution in [3.8, 4) is 0 Å². The first-order chi connectivity index (χ1) is 10.2. The van der Waals surface area contributed by atoms with Crippen molar-refractivity contribution in [2.45, 2.75) is 20.8 Å². The number of anilines is 2. The van der Waals surface area contributed by atoms with Crippen LogP contribution in [0.25, 0.3) is 0 Å². The monoisotopic (exact) mass is 322 g/mol. The number of carbonyl (C=O) groups excluding carboxylic acids is 1. The summed E-state index contributed by atoms with van der Waals surface area (Å²) in [6, 6.07) is 6.72. The molecule has 1 aromatic heterocycles. The highest BCUT2D eigenvalue weighted by Crippen LogP contribution is 2.25. The molecule has 1 aromatic carbocycles. The number of hydrogen-bond acceptors (Lipinski definition) is 4. The van der Waals surface area contributed by atoms with E-state index in [1.807, 2.05) is 6.92 Å². The molecule has 0 unspecified atom stereocenters. The Morgan fingerprint density at radius 3 is 2.32 bits per heavy atom. The average molecular weight is 322 g/mol. The van der Waals surface area contributed by atoms with Gasteiger partial charge in [-0.2, -0.15) is 0 Å². The van der Waals surface area contributed by atoms with Crippen molar-refractivity contribution in [2.24, 2.45) is 0 Å². The van der Waals surface area contributed by atoms with Crippen molar-refractivity contribution in [1.29, 1.82) is 0 Å². The molecule has 0 saturated carbocycles. The van der Waals surface area contributed by atoms with Gasteiger partial charge in [0.25, 0.3) is 5.91 Å². The standard InChI is InChI=1S/C15H18N2O4S/c1-9-5-6-13(17-22(4,19)20)14(7-9)16-15(18)12-8-10(2)21-11(12)3/h5-8,17H,1-4H3,(H,16,18). The Bertz CT molecular complexity index is 822. The van der Waals surface area contributed by atoms with E-state index in [9.17, 15) is 13.2 Å². The number of amides is 1. The van der Waals surface area contributed by atoms with E-state index in [0.29, 0.717) is 28.5 Å². The SMILES string of the molecule is Cc1ccc(NS(C)(=O)=O)c(NC(=O)c2cc(C)oc2C)c1. The molecule has 0 fully saturated rings. The van der Waals surface area contributed by atoms with Gasteiger partial charge in [0.05, 0.1) is 23.2 Å². The van der Waals surface area contributed by atoms with Gasteiger partial charge < -0.3 is 9.73 Å². The smallest absolute Gasteiger partial charge is 0.259 e. The third-order valence-corrected chi connectivity index (χ3v) is 3.59. The summed E-state index contributed by atoms with van der Waals surface area (Å²) >= 11 is 0. The molecular weight excluding hydrogens is 304 g/mol. The number of aryl methyl sites for hydroxylation is 3. The molecule has 1 heterocycles. The molecule has 0 aliphatic heterocycles. The van der Waals surface area contributed by atoms with Crippen LogP contribution in [0.2, 0.25) is 0 Å². The lowest BCUT2D eigenvalue weighted by molar-refractivity contribution is 0.102. The van der Waals surface area contributed by atoms with Crippen molar-refractivity contribution >= 4 is 27.3 Å². The summed E-state index contributed by atoms with van der Waals surface area (Å²) in [5.41, 5.74) is 2.03. The average Bonchev–Trinajstić information content (AvgIpc) is 2.70. The zero-order valence-electron chi connectivity index (χ0n) is 12.9. The minimum Gasteiger partial charge on any atom is -0.466 e. The van der Waals surface area contributed by atoms with Gasteiger partial charge in [-0.3, -0.25) is 9.52 Å². The normalized spacial score (nSPS) is 11.3. The van der Waals surface area contributed by atoms with Gasteiger partial charge in [0.15, 0.2) is 0 Å². The summed E-state index contributed by atoms with van der Waals surface area (Å²) in [5, 5.41) is 2.72. The highest BCUT2D eigenvalue weighted by atomic mass is 32.2. The molecule has 0 bridgehead atoms. The van der Waals surface area contributed by atoms with E-state index in [1.54, 1.807) is 38.1 Å². The summed E-state index contributed by atoms with van der Waals surface area (Å²) < 4.78 is 30.5. The third kappa shape index (κ3) is 3.88. The van der Waals surface area contributed by atoms with Crippen molar-refractivity contribution in [3.63, 3.8) is 0 Å². The topological polar surface area (TPSA) is 88.4 Å². The number of sulfonamides is 1. The van der Waals surface area contributed by atoms with Crippen LogP contribution in [0.1, 0.15) is 27.4 Å². The first-order valence-electron chi connectivity index (χ1n) is 6.62. The molecule has 0 aliphatic rings. The predicted molar refractivity (Wildman–Crippen MR) is 85.8 cm³/mol. The Balaban J connectivity index is 2.34. The molecule has 0 saturated heterocycles. The van der Waals surface area contributed by atoms with Crippen molar-refractivity contribution in [2.75, 3.05) is 16.3 Å². The Kier molecular flexibility index (Phi) is 4.27. The minimum atomic E-state index is -3.44. The summed E-state index contributed by atoms with van der Waals surface area (Å²) in [7, 11) is -3.44. The summed E-state index contributed by atoms with van der Waals surface area (Å²) in [5.74, 6) is 0.804. The first kappa shape index (κ1) is 16.1. The number of hydrogen-bond donors (Lipinski definition) is 2. The minimum absolute atomic E-state index is 0.319. The second-order valence-electron chi connectivity index (χ2n) is 5.20. The number of carbonyl (C=O) groups is 1. The number of benzene rings is 1. The number of rotatable bonds is 4. The summed E-state index contributed by atoms with van der Waals surface area (Å²) in [6.45, 7) is 5.31. The van der Waals surface area contributed by atoms with Crippen molar-refractivity contribution in [1.82, 2.24) is 0 Å². The maximum absolute atomic E-state index is 12.3. The lowest BCUT2D eigenvalue weighted by Gasteiger charge is -2.12. The molecule has 0 atom stereocenters. The van der Waals surface area contributed by atoms with Gasteiger partial charge in [0.1, 0.15) is 11.5 Å². The van der Waals surface area contributed by atoms with Crippen LogP contribution in [-0.4, -0.2) is 20.6 Å². The maximum Gasteiger partial charge on any atom is 0.259 e. The fraction of sp³-hybridized carbons (Fsp3) is 0.267. The van der Waals surface area contributed by atoms with E-state index in [1.165, 1.54) is 0 Å². The molecule has 22 heavy (non-hydrogen) atoms. The van der Waals surface area contributed by atoms with Gasteiger partial charge in [-0.05, 0) is 44.5 Å². The van der Waals surface area contributed by atoms with E-state index in [2.05, 4.69) is 10.0 Å². The maximum atomic E-state index is 12.3. The van der Waals surface area contributed by atoms with Crippen LogP contribution >= 0.6 is 0 Å². The molecule has 6 nitrogen and oxygen atoms in total. The van der Waals surface area contributed by atoms with Crippen LogP contribution in [0.15, 0.2) is 28.7 Å². The van der Waals surface area contributed by atoms with Crippen molar-refractivity contribution in [3.05, 3.63) is 46.9 Å². The van der Waals surface area contributed by atoms with Crippen LogP contribution in [0.4, 0.5) is 11.4 Å². The predicted octanol–water partition coefficient (Wildman–Crippen LogP) is 2.83. The molecule has 0 aliphatic carbocycles. The fourth-order valence-electron chi connectivity index (χ4n) is 2.10. The van der Waals surface area contributed by atoms with Crippen LogP contribution < -0.4 is 10.0 Å². The Morgan fingerprint density at radius 1 is 1.09 bits per heavy atom. The van der Waals surface area contributed by atoms with Crippen LogP contribution in [-0.2, 0) is 10.0 Å². The molecule has 2 rings (SSSR count). The lowest BCUT2D eigenvalue weighted by atomic mass is 10.1. The van der Waals surface area contributed by atoms with Gasteiger partial charge in [-0.25, -0.2) is 8.42 Å². The van der Waals surface area contributed by atoms with Gasteiger partial charge in [0, 0.05) is 0 Å². The van der Waals surface area contributed by atoms with E-state index < -0.39 is 10.0 Å². The second-order valence-corrected chi connectivity index (χ2v) is 6.95. The van der Waals surface area contributed by atoms with E-state index in [4.69, 9.17) is 4.42 Å². The highest BCUT2D eigenvalue weighted by Gasteiger charge is 2.16. The zero-order valence-corrected chi connectivity index (χ0v) is 13.7. The molecule has 0 spiro atoms. The van der Waals surface area contributed by atoms with Crippen LogP contribution in [0.5, 0.6) is 0 Å². The molecule has 118 valence electrons. The summed E-state index contributed by atoms with van der Waals surface area (Å²) in [4.78, 5) is 12.3. The van der Waals surface area contributed by atoms with Gasteiger partial charge >= 0.3 is 0 Å². The molecule has 2 N–H and O–H groups in total. The van der Waals surface area contributed by atoms with E-state index in [0.717, 1.165) is 11.8 Å². The van der Waals surface area contributed by atoms with Crippen molar-refractivity contribution < 1.29 is 17.6 Å². The summed E-state index contributed by atoms with van der Waals surface area (Å²) in [6.07, 6.45) is 1.06. The Hall–Kier alpha value is -2.28. The Labute approximate surface area is 129 Å². The molecule has 0 radical (unpaired) electrons. The highest BCUT2D eigenvalue weighted by molar-refractivity contribution is 7.92. The largest absolute Gasteiger partial charge is 0.466 e. The van der Waals surface area contributed by atoms with Gasteiger partial charge in [0.2, 0.25) is 10.0 Å². The number of furan rings is 1. The number of nitrogens with one attached hydrogen (secondary N) is 2. The van der Waals surface area contributed by atoms with Crippen LogP contribution in [0, 0.1) is 20.8 Å². The molecule has 2 aromatic rings. The van der Waals surface area contributed by atoms with E-state index in [-0.39, 0.29) is 5.91 Å². The van der Waals surface area contributed by atoms with Gasteiger partial charge in [-0.1, -0.05) is 6.07 Å². The fourth-order valence-corrected chi connectivity index (χ4v) is 2.67. The second kappa shape index (κ2) is 5.84. The lowest BCUT2D eigenvalue weighted by Crippen LogP contribution is -2.16. The quantitative estimate of drug-likeness (QED) is 0.906.